The van der Waals surface area contributed by atoms with Crippen molar-refractivity contribution in [3.63, 3.8) is 0 Å². The molecular formula is C27H32N2O6S. The van der Waals surface area contributed by atoms with E-state index < -0.39 is 11.9 Å². The van der Waals surface area contributed by atoms with E-state index in [0.29, 0.717) is 30.3 Å². The van der Waals surface area contributed by atoms with E-state index in [4.69, 9.17) is 14.9 Å². The Kier molecular flexibility index (Phi) is 9.95. The van der Waals surface area contributed by atoms with E-state index in [9.17, 15) is 14.4 Å². The van der Waals surface area contributed by atoms with Gasteiger partial charge in [-0.15, -0.1) is 11.8 Å². The Morgan fingerprint density at radius 3 is 2.47 bits per heavy atom. The van der Waals surface area contributed by atoms with Crippen molar-refractivity contribution < 1.29 is 29.3 Å². The average Bonchev–Trinajstić information content (AvgIpc) is 3.46. The Balaban J connectivity index is 0.000000392. The Morgan fingerprint density at radius 2 is 1.83 bits per heavy atom. The lowest BCUT2D eigenvalue weighted by Gasteiger charge is -2.25. The Labute approximate surface area is 215 Å². The van der Waals surface area contributed by atoms with Gasteiger partial charge >= 0.3 is 11.9 Å². The van der Waals surface area contributed by atoms with Crippen molar-refractivity contribution in [1.82, 2.24) is 10.2 Å². The summed E-state index contributed by atoms with van der Waals surface area (Å²) in [6, 6.07) is 15.1. The molecule has 0 saturated carbocycles. The topological polar surface area (TPSA) is 116 Å². The predicted octanol–water partition coefficient (Wildman–Crippen LogP) is 3.84. The Morgan fingerprint density at radius 1 is 1.14 bits per heavy atom. The van der Waals surface area contributed by atoms with Crippen LogP contribution < -0.4 is 10.1 Å². The van der Waals surface area contributed by atoms with Crippen molar-refractivity contribution in [1.29, 1.82) is 0 Å². The van der Waals surface area contributed by atoms with Crippen molar-refractivity contribution in [3.05, 3.63) is 71.3 Å². The van der Waals surface area contributed by atoms with Gasteiger partial charge in [0, 0.05) is 42.6 Å². The third kappa shape index (κ3) is 7.86. The van der Waals surface area contributed by atoms with Crippen molar-refractivity contribution in [2.24, 2.45) is 0 Å². The number of carboxylic acids is 2. The summed E-state index contributed by atoms with van der Waals surface area (Å²) in [6.45, 7) is 4.77. The number of carbonyl (C=O) groups is 3. The van der Waals surface area contributed by atoms with Crippen LogP contribution >= 0.6 is 11.8 Å². The van der Waals surface area contributed by atoms with E-state index in [1.807, 2.05) is 12.3 Å². The number of aliphatic carboxylic acids is 2. The monoisotopic (exact) mass is 512 g/mol. The van der Waals surface area contributed by atoms with Gasteiger partial charge in [0.1, 0.15) is 11.9 Å². The molecule has 2 aliphatic heterocycles. The number of benzene rings is 2. The van der Waals surface area contributed by atoms with Gasteiger partial charge in [-0.25, -0.2) is 9.59 Å². The fraction of sp³-hybridized carbons (Fsp3) is 0.370. The van der Waals surface area contributed by atoms with Crippen LogP contribution in [-0.4, -0.2) is 64.4 Å². The van der Waals surface area contributed by atoms with Crippen molar-refractivity contribution in [3.8, 4) is 5.75 Å². The van der Waals surface area contributed by atoms with Gasteiger partial charge in [0.05, 0.1) is 5.56 Å². The highest BCUT2D eigenvalue weighted by Crippen LogP contribution is 2.36. The molecule has 36 heavy (non-hydrogen) atoms. The molecule has 0 bridgehead atoms. The third-order valence-corrected chi connectivity index (χ3v) is 6.75. The zero-order valence-corrected chi connectivity index (χ0v) is 21.3. The molecule has 2 atom stereocenters. The standard InChI is InChI=1S/C23H28N2O2S.C4H4O4/c1-16-11-18-12-20(28-2)13-21(22(18)27-16)23(26)24-14-19-9-6-10-25(19)15-17-7-4-3-5-8-17;5-3(6)1-2-4(7)8/h3-5,7-8,12-13,16,19H,6,9-11,14-15H2,1-2H3,(H,24,26);1-2H,(H,5,6)(H,7,8). The number of ether oxygens (including phenoxy) is 1. The molecule has 0 spiro atoms. The zero-order valence-electron chi connectivity index (χ0n) is 20.5. The smallest absolute Gasteiger partial charge is 0.328 e. The summed E-state index contributed by atoms with van der Waals surface area (Å²) < 4.78 is 5.95. The first-order chi connectivity index (χ1) is 17.3. The van der Waals surface area contributed by atoms with Gasteiger partial charge in [-0.2, -0.15) is 0 Å². The maximum Gasteiger partial charge on any atom is 0.328 e. The summed E-state index contributed by atoms with van der Waals surface area (Å²) in [5.41, 5.74) is 3.16. The first kappa shape index (κ1) is 27.3. The molecule has 2 aromatic rings. The summed E-state index contributed by atoms with van der Waals surface area (Å²) in [5.74, 6) is -1.76. The van der Waals surface area contributed by atoms with Gasteiger partial charge in [-0.1, -0.05) is 30.3 Å². The van der Waals surface area contributed by atoms with Crippen LogP contribution in [0.15, 0.2) is 59.5 Å². The van der Waals surface area contributed by atoms with Crippen molar-refractivity contribution >= 4 is 29.6 Å². The first-order valence-corrected chi connectivity index (χ1v) is 13.1. The highest BCUT2D eigenvalue weighted by Gasteiger charge is 2.28. The maximum absolute atomic E-state index is 13.0. The third-order valence-electron chi connectivity index (χ3n) is 6.04. The van der Waals surface area contributed by atoms with E-state index in [1.54, 1.807) is 11.8 Å². The lowest BCUT2D eigenvalue weighted by Crippen LogP contribution is -2.39. The van der Waals surface area contributed by atoms with E-state index in [0.717, 1.165) is 42.1 Å². The molecule has 0 radical (unpaired) electrons. The first-order valence-electron chi connectivity index (χ1n) is 11.8. The van der Waals surface area contributed by atoms with Crippen LogP contribution in [0.25, 0.3) is 0 Å². The molecule has 0 aliphatic carbocycles. The fourth-order valence-corrected chi connectivity index (χ4v) is 4.89. The molecule has 2 aliphatic rings. The number of thioether (sulfide) groups is 1. The maximum atomic E-state index is 13.0. The van der Waals surface area contributed by atoms with Crippen LogP contribution in [0, 0.1) is 0 Å². The Hall–Kier alpha value is -3.30. The van der Waals surface area contributed by atoms with Gasteiger partial charge in [-0.3, -0.25) is 9.69 Å². The van der Waals surface area contributed by atoms with Crippen LogP contribution in [-0.2, 0) is 22.6 Å². The molecule has 3 N–H and O–H groups in total. The second-order valence-corrected chi connectivity index (χ2v) is 9.65. The van der Waals surface area contributed by atoms with Crippen LogP contribution in [0.5, 0.6) is 5.75 Å². The van der Waals surface area contributed by atoms with Gasteiger partial charge in [-0.05, 0) is 55.8 Å². The molecule has 1 saturated heterocycles. The minimum Gasteiger partial charge on any atom is -0.489 e. The average molecular weight is 513 g/mol. The molecule has 1 amide bonds. The molecule has 192 valence electrons. The number of hydrogen-bond donors (Lipinski definition) is 3. The lowest BCUT2D eigenvalue weighted by atomic mass is 10.1. The largest absolute Gasteiger partial charge is 0.489 e. The molecular weight excluding hydrogens is 480 g/mol. The summed E-state index contributed by atoms with van der Waals surface area (Å²) in [5, 5.41) is 18.8. The number of nitrogens with one attached hydrogen (secondary N) is 1. The van der Waals surface area contributed by atoms with Gasteiger partial charge in [0.15, 0.2) is 0 Å². The number of rotatable bonds is 8. The summed E-state index contributed by atoms with van der Waals surface area (Å²) in [6.07, 6.45) is 6.48. The van der Waals surface area contributed by atoms with E-state index in [1.165, 1.54) is 12.0 Å². The number of likely N-dealkylation sites (tertiary alicyclic amines) is 1. The molecule has 2 heterocycles. The van der Waals surface area contributed by atoms with Gasteiger partial charge < -0.3 is 20.3 Å². The molecule has 4 rings (SSSR count). The fourth-order valence-electron chi connectivity index (χ4n) is 4.39. The quantitative estimate of drug-likeness (QED) is 0.361. The number of amides is 1. The van der Waals surface area contributed by atoms with E-state index >= 15 is 0 Å². The highest BCUT2D eigenvalue weighted by molar-refractivity contribution is 7.98. The van der Waals surface area contributed by atoms with E-state index in [-0.39, 0.29) is 12.0 Å². The Bertz CT molecular complexity index is 1090. The number of carbonyl (C=O) groups excluding carboxylic acids is 1. The van der Waals surface area contributed by atoms with Crippen LogP contribution in [0.1, 0.15) is 41.3 Å². The van der Waals surface area contributed by atoms with Gasteiger partial charge in [0.25, 0.3) is 5.91 Å². The minimum absolute atomic E-state index is 0.0205. The number of carboxylic acid groups (broad SMARTS) is 2. The normalized spacial score (nSPS) is 18.7. The molecule has 9 heteroatoms. The summed E-state index contributed by atoms with van der Waals surface area (Å²) >= 11 is 1.67. The van der Waals surface area contributed by atoms with Crippen LogP contribution in [0.4, 0.5) is 0 Å². The van der Waals surface area contributed by atoms with Crippen molar-refractivity contribution in [2.75, 3.05) is 19.3 Å². The summed E-state index contributed by atoms with van der Waals surface area (Å²) in [7, 11) is 0. The number of fused-ring (bicyclic) bond motifs is 1. The SMILES string of the molecule is CSc1cc2c(c(C(=O)NCC3CCCN3Cc3ccccc3)c1)OC(C)C2.O=C(O)C=CC(=O)O. The van der Waals surface area contributed by atoms with E-state index in [2.05, 4.69) is 53.5 Å². The number of hydrogen-bond acceptors (Lipinski definition) is 6. The van der Waals surface area contributed by atoms with Crippen LogP contribution in [0.3, 0.4) is 0 Å². The molecule has 1 fully saturated rings. The lowest BCUT2D eigenvalue weighted by molar-refractivity contribution is -0.134. The minimum atomic E-state index is -1.26. The summed E-state index contributed by atoms with van der Waals surface area (Å²) in [4.78, 5) is 35.7. The van der Waals surface area contributed by atoms with Crippen LogP contribution in [0.2, 0.25) is 0 Å². The zero-order chi connectivity index (χ0) is 26.1. The second-order valence-electron chi connectivity index (χ2n) is 8.77. The number of nitrogens with zero attached hydrogens (tertiary/aromatic N) is 1. The molecule has 2 unspecified atom stereocenters. The molecule has 8 nitrogen and oxygen atoms in total. The molecule has 0 aromatic heterocycles. The predicted molar refractivity (Wildman–Crippen MR) is 139 cm³/mol. The van der Waals surface area contributed by atoms with Gasteiger partial charge in [0.2, 0.25) is 0 Å². The second kappa shape index (κ2) is 13.1. The molecule has 2 aromatic carbocycles. The van der Waals surface area contributed by atoms with Crippen molar-refractivity contribution in [2.45, 2.75) is 49.8 Å². The highest BCUT2D eigenvalue weighted by atomic mass is 32.2.